The van der Waals surface area contributed by atoms with Gasteiger partial charge in [-0.15, -0.1) is 0 Å². The van der Waals surface area contributed by atoms with Crippen LogP contribution in [0, 0.1) is 11.8 Å². The number of nitrogens with one attached hydrogen (secondary N) is 1. The first kappa shape index (κ1) is 25.0. The number of benzene rings is 1. The van der Waals surface area contributed by atoms with Gasteiger partial charge in [0, 0.05) is 12.5 Å². The van der Waals surface area contributed by atoms with Gasteiger partial charge in [-0.25, -0.2) is 0 Å². The summed E-state index contributed by atoms with van der Waals surface area (Å²) in [5.74, 6) is -1.75. The number of nitrogens with zero attached hydrogens (tertiary/aromatic N) is 1. The SMILES string of the molecule is CCC(C)C(NC(=O)C(O)Cc1ccc(O)cc1)C(=O)N1C(C(N)=O)CC2CCC(O)CC21. The van der Waals surface area contributed by atoms with Crippen molar-refractivity contribution < 1.29 is 29.7 Å². The normalized spacial score (nSPS) is 27.3. The molecule has 1 saturated carbocycles. The van der Waals surface area contributed by atoms with Crippen molar-refractivity contribution in [3.05, 3.63) is 29.8 Å². The fraction of sp³-hybridized carbons (Fsp3) is 0.625. The summed E-state index contributed by atoms with van der Waals surface area (Å²) >= 11 is 0. The summed E-state index contributed by atoms with van der Waals surface area (Å²) in [7, 11) is 0. The highest BCUT2D eigenvalue weighted by Crippen LogP contribution is 2.40. The van der Waals surface area contributed by atoms with Crippen LogP contribution in [0.3, 0.4) is 0 Å². The summed E-state index contributed by atoms with van der Waals surface area (Å²) in [6, 6.07) is 4.15. The molecule has 0 spiro atoms. The predicted octanol–water partition coefficient (Wildman–Crippen LogP) is 0.442. The highest BCUT2D eigenvalue weighted by atomic mass is 16.3. The molecule has 3 amide bonds. The molecule has 1 saturated heterocycles. The van der Waals surface area contributed by atoms with E-state index in [4.69, 9.17) is 5.73 Å². The largest absolute Gasteiger partial charge is 0.508 e. The zero-order chi connectivity index (χ0) is 24.3. The number of rotatable bonds is 8. The average molecular weight is 462 g/mol. The summed E-state index contributed by atoms with van der Waals surface area (Å²) in [4.78, 5) is 40.2. The highest BCUT2D eigenvalue weighted by molar-refractivity contribution is 5.93. The molecule has 1 aliphatic carbocycles. The van der Waals surface area contributed by atoms with E-state index in [0.717, 1.165) is 0 Å². The Kier molecular flexibility index (Phi) is 7.97. The maximum Gasteiger partial charge on any atom is 0.249 e. The smallest absolute Gasteiger partial charge is 0.249 e. The molecule has 3 rings (SSSR count). The van der Waals surface area contributed by atoms with E-state index in [2.05, 4.69) is 5.32 Å². The van der Waals surface area contributed by atoms with Gasteiger partial charge in [-0.2, -0.15) is 0 Å². The number of phenolic OH excluding ortho intramolecular Hbond substituents is 1. The number of aromatic hydroxyl groups is 1. The number of carbonyl (C=O) groups excluding carboxylic acids is 3. The van der Waals surface area contributed by atoms with Crippen molar-refractivity contribution in [3.8, 4) is 5.75 Å². The van der Waals surface area contributed by atoms with E-state index in [-0.39, 0.29) is 30.0 Å². The van der Waals surface area contributed by atoms with Crippen LogP contribution in [0.25, 0.3) is 0 Å². The van der Waals surface area contributed by atoms with Crippen LogP contribution in [-0.4, -0.2) is 68.3 Å². The van der Waals surface area contributed by atoms with E-state index in [0.29, 0.717) is 37.7 Å². The van der Waals surface area contributed by atoms with Gasteiger partial charge in [0.05, 0.1) is 6.10 Å². The second kappa shape index (κ2) is 10.5. The molecule has 6 N–H and O–H groups in total. The molecule has 1 aromatic carbocycles. The van der Waals surface area contributed by atoms with Crippen molar-refractivity contribution in [2.45, 2.75) is 82.7 Å². The molecule has 9 heteroatoms. The van der Waals surface area contributed by atoms with Crippen molar-refractivity contribution in [3.63, 3.8) is 0 Å². The summed E-state index contributed by atoms with van der Waals surface area (Å²) < 4.78 is 0. The summed E-state index contributed by atoms with van der Waals surface area (Å²) in [6.07, 6.45) is 0.873. The molecule has 0 aromatic heterocycles. The third-order valence-electron chi connectivity index (χ3n) is 7.18. The second-order valence-electron chi connectivity index (χ2n) is 9.45. The Balaban J connectivity index is 1.77. The number of carbonyl (C=O) groups is 3. The number of nitrogens with two attached hydrogens (primary N) is 1. The lowest BCUT2D eigenvalue weighted by atomic mass is 9.83. The predicted molar refractivity (Wildman–Crippen MR) is 121 cm³/mol. The summed E-state index contributed by atoms with van der Waals surface area (Å²) in [5, 5.41) is 32.7. The van der Waals surface area contributed by atoms with Gasteiger partial charge in [-0.3, -0.25) is 14.4 Å². The third kappa shape index (κ3) is 5.65. The van der Waals surface area contributed by atoms with Gasteiger partial charge in [-0.1, -0.05) is 32.4 Å². The molecule has 7 atom stereocenters. The van der Waals surface area contributed by atoms with Crippen molar-refractivity contribution in [1.29, 1.82) is 0 Å². The van der Waals surface area contributed by atoms with E-state index in [9.17, 15) is 29.7 Å². The van der Waals surface area contributed by atoms with Gasteiger partial charge in [0.1, 0.15) is 23.9 Å². The maximum atomic E-state index is 13.7. The maximum absolute atomic E-state index is 13.7. The van der Waals surface area contributed by atoms with Gasteiger partial charge in [0.15, 0.2) is 0 Å². The summed E-state index contributed by atoms with van der Waals surface area (Å²) in [5.41, 5.74) is 6.29. The van der Waals surface area contributed by atoms with Crippen molar-refractivity contribution >= 4 is 17.7 Å². The van der Waals surface area contributed by atoms with Crippen LogP contribution >= 0.6 is 0 Å². The third-order valence-corrected chi connectivity index (χ3v) is 7.18. The molecule has 1 aliphatic heterocycles. The molecule has 182 valence electrons. The fourth-order valence-corrected chi connectivity index (χ4v) is 5.05. The number of phenols is 1. The minimum absolute atomic E-state index is 0.0258. The zero-order valence-electron chi connectivity index (χ0n) is 19.2. The van der Waals surface area contributed by atoms with Crippen LogP contribution in [0.4, 0.5) is 0 Å². The molecular weight excluding hydrogens is 426 g/mol. The number of aliphatic hydroxyl groups excluding tert-OH is 2. The molecule has 7 unspecified atom stereocenters. The second-order valence-corrected chi connectivity index (χ2v) is 9.45. The van der Waals surface area contributed by atoms with Crippen molar-refractivity contribution in [2.75, 3.05) is 0 Å². The van der Waals surface area contributed by atoms with E-state index in [1.54, 1.807) is 12.1 Å². The number of likely N-dealkylation sites (tertiary alicyclic amines) is 1. The quantitative estimate of drug-likeness (QED) is 0.379. The van der Waals surface area contributed by atoms with Gasteiger partial charge in [0.25, 0.3) is 0 Å². The van der Waals surface area contributed by atoms with Gasteiger partial charge >= 0.3 is 0 Å². The molecule has 2 aliphatic rings. The van der Waals surface area contributed by atoms with Crippen LogP contribution in [0.2, 0.25) is 0 Å². The number of fused-ring (bicyclic) bond motifs is 1. The molecule has 0 radical (unpaired) electrons. The van der Waals surface area contributed by atoms with E-state index in [1.165, 1.54) is 17.0 Å². The number of primary amides is 1. The van der Waals surface area contributed by atoms with Gasteiger partial charge in [0.2, 0.25) is 17.7 Å². The molecule has 2 fully saturated rings. The molecular formula is C24H35N3O6. The van der Waals surface area contributed by atoms with E-state index >= 15 is 0 Å². The number of hydrogen-bond donors (Lipinski definition) is 5. The van der Waals surface area contributed by atoms with Gasteiger partial charge < -0.3 is 31.3 Å². The van der Waals surface area contributed by atoms with E-state index < -0.39 is 42.0 Å². The first-order chi connectivity index (χ1) is 15.6. The molecule has 33 heavy (non-hydrogen) atoms. The Labute approximate surface area is 194 Å². The van der Waals surface area contributed by atoms with Crippen LogP contribution in [-0.2, 0) is 20.8 Å². The minimum Gasteiger partial charge on any atom is -0.508 e. The fourth-order valence-electron chi connectivity index (χ4n) is 5.05. The minimum atomic E-state index is -1.39. The van der Waals surface area contributed by atoms with Gasteiger partial charge in [-0.05, 0) is 55.2 Å². The highest BCUT2D eigenvalue weighted by Gasteiger charge is 2.50. The lowest BCUT2D eigenvalue weighted by molar-refractivity contribution is -0.146. The Morgan fingerprint density at radius 2 is 1.85 bits per heavy atom. The number of amides is 3. The lowest BCUT2D eigenvalue weighted by Gasteiger charge is -2.38. The lowest BCUT2D eigenvalue weighted by Crippen LogP contribution is -2.59. The number of hydrogen-bond acceptors (Lipinski definition) is 6. The van der Waals surface area contributed by atoms with Crippen LogP contribution in [0.1, 0.15) is 51.5 Å². The average Bonchev–Trinajstić information content (AvgIpc) is 3.16. The first-order valence-corrected chi connectivity index (χ1v) is 11.7. The zero-order valence-corrected chi connectivity index (χ0v) is 19.2. The molecule has 9 nitrogen and oxygen atoms in total. The van der Waals surface area contributed by atoms with E-state index in [1.807, 2.05) is 13.8 Å². The number of aliphatic hydroxyl groups is 2. The monoisotopic (exact) mass is 461 g/mol. The van der Waals surface area contributed by atoms with Crippen molar-refractivity contribution in [1.82, 2.24) is 10.2 Å². The topological polar surface area (TPSA) is 153 Å². The van der Waals surface area contributed by atoms with Crippen LogP contribution in [0.15, 0.2) is 24.3 Å². The molecule has 1 aromatic rings. The standard InChI is InChI=1S/C24H35N3O6/c1-3-13(2)21(26-23(32)20(30)10-14-4-7-16(28)8-5-14)24(33)27-18-12-17(29)9-6-15(18)11-19(27)22(25)31/h4-5,7-8,13,15,17-21,28-30H,3,6,9-12H2,1-2H3,(H2,25,31)(H,26,32). The molecule has 0 bridgehead atoms. The van der Waals surface area contributed by atoms with Crippen LogP contribution in [0.5, 0.6) is 5.75 Å². The Morgan fingerprint density at radius 3 is 2.45 bits per heavy atom. The Bertz CT molecular complexity index is 860. The van der Waals surface area contributed by atoms with Crippen LogP contribution < -0.4 is 11.1 Å². The molecule has 1 heterocycles. The van der Waals surface area contributed by atoms with Crippen molar-refractivity contribution in [2.24, 2.45) is 17.6 Å². The first-order valence-electron chi connectivity index (χ1n) is 11.7. The Hall–Kier alpha value is -2.65. The Morgan fingerprint density at radius 1 is 1.18 bits per heavy atom. The summed E-state index contributed by atoms with van der Waals surface area (Å²) in [6.45, 7) is 3.73.